The highest BCUT2D eigenvalue weighted by atomic mass is 32.2. The number of aliphatic hydroxyl groups is 1. The molecule has 0 amide bonds. The predicted molar refractivity (Wildman–Crippen MR) is 88.0 cm³/mol. The fraction of sp³-hybridized carbons (Fsp3) is 0.118. The largest absolute Gasteiger partial charge is 0.390 e. The third-order valence-corrected chi connectivity index (χ3v) is 4.70. The van der Waals surface area contributed by atoms with Gasteiger partial charge in [-0.2, -0.15) is 5.10 Å². The molecule has 1 N–H and O–H groups in total. The Labute approximate surface area is 138 Å². The Morgan fingerprint density at radius 1 is 1.08 bits per heavy atom. The van der Waals surface area contributed by atoms with Crippen molar-refractivity contribution < 1.29 is 17.9 Å². The molecule has 0 fully saturated rings. The highest BCUT2D eigenvalue weighted by molar-refractivity contribution is 7.90. The third kappa shape index (κ3) is 3.22. The minimum Gasteiger partial charge on any atom is -0.390 e. The van der Waals surface area contributed by atoms with Gasteiger partial charge in [-0.3, -0.25) is 0 Å². The molecule has 1 aromatic heterocycles. The minimum absolute atomic E-state index is 0.224. The second-order valence-electron chi connectivity index (χ2n) is 5.36. The first-order chi connectivity index (χ1) is 11.4. The van der Waals surface area contributed by atoms with Crippen molar-refractivity contribution in [2.24, 2.45) is 0 Å². The van der Waals surface area contributed by atoms with Crippen molar-refractivity contribution in [3.63, 3.8) is 0 Å². The monoisotopic (exact) mass is 346 g/mol. The SMILES string of the molecule is CS(=O)(=O)c1ccc(-c2cc(CO)nn2-c2ccc(F)cc2)cc1. The van der Waals surface area contributed by atoms with E-state index in [0.29, 0.717) is 17.1 Å². The number of rotatable bonds is 4. The first kappa shape index (κ1) is 16.4. The Kier molecular flexibility index (Phi) is 4.21. The molecule has 0 saturated heterocycles. The molecule has 124 valence electrons. The first-order valence-corrected chi connectivity index (χ1v) is 9.04. The average molecular weight is 346 g/mol. The van der Waals surface area contributed by atoms with Crippen molar-refractivity contribution in [3.05, 3.63) is 66.1 Å². The molecule has 0 aliphatic rings. The van der Waals surface area contributed by atoms with Gasteiger partial charge in [0.2, 0.25) is 0 Å². The summed E-state index contributed by atoms with van der Waals surface area (Å²) in [6.07, 6.45) is 1.15. The summed E-state index contributed by atoms with van der Waals surface area (Å²) in [6.45, 7) is -0.234. The standard InChI is InChI=1S/C17H15FN2O3S/c1-24(22,23)16-8-2-12(3-9-16)17-10-14(11-21)19-20(17)15-6-4-13(18)5-7-15/h2-10,21H,11H2,1H3. The van der Waals surface area contributed by atoms with Crippen molar-refractivity contribution >= 4 is 9.84 Å². The fourth-order valence-electron chi connectivity index (χ4n) is 2.37. The van der Waals surface area contributed by atoms with Crippen LogP contribution in [0.15, 0.2) is 59.5 Å². The highest BCUT2D eigenvalue weighted by Crippen LogP contribution is 2.25. The summed E-state index contributed by atoms with van der Waals surface area (Å²) >= 11 is 0. The summed E-state index contributed by atoms with van der Waals surface area (Å²) in [7, 11) is -3.27. The molecular formula is C17H15FN2O3S. The molecule has 0 unspecified atom stereocenters. The van der Waals surface area contributed by atoms with Gasteiger partial charge in [-0.1, -0.05) is 12.1 Å². The van der Waals surface area contributed by atoms with E-state index in [2.05, 4.69) is 5.10 Å². The lowest BCUT2D eigenvalue weighted by Gasteiger charge is -2.08. The Bertz CT molecular complexity index is 962. The Morgan fingerprint density at radius 3 is 2.25 bits per heavy atom. The maximum atomic E-state index is 13.1. The molecule has 0 aliphatic carbocycles. The molecular weight excluding hydrogens is 331 g/mol. The van der Waals surface area contributed by atoms with E-state index in [1.165, 1.54) is 24.3 Å². The summed E-state index contributed by atoms with van der Waals surface area (Å²) in [4.78, 5) is 0.224. The smallest absolute Gasteiger partial charge is 0.175 e. The van der Waals surface area contributed by atoms with Gasteiger partial charge >= 0.3 is 0 Å². The number of hydrogen-bond acceptors (Lipinski definition) is 4. The van der Waals surface area contributed by atoms with E-state index < -0.39 is 9.84 Å². The van der Waals surface area contributed by atoms with Crippen molar-refractivity contribution in [2.75, 3.05) is 6.26 Å². The maximum absolute atomic E-state index is 13.1. The molecule has 0 saturated carbocycles. The van der Waals surface area contributed by atoms with E-state index in [-0.39, 0.29) is 17.3 Å². The van der Waals surface area contributed by atoms with Gasteiger partial charge < -0.3 is 5.11 Å². The number of halogens is 1. The van der Waals surface area contributed by atoms with Crippen LogP contribution < -0.4 is 0 Å². The second kappa shape index (κ2) is 6.18. The van der Waals surface area contributed by atoms with Crippen LogP contribution in [0.3, 0.4) is 0 Å². The molecule has 1 heterocycles. The van der Waals surface area contributed by atoms with E-state index in [4.69, 9.17) is 0 Å². The molecule has 5 nitrogen and oxygen atoms in total. The topological polar surface area (TPSA) is 72.2 Å². The van der Waals surface area contributed by atoms with Crippen LogP contribution in [-0.4, -0.2) is 29.6 Å². The van der Waals surface area contributed by atoms with E-state index in [1.807, 2.05) is 0 Å². The van der Waals surface area contributed by atoms with Crippen molar-refractivity contribution in [3.8, 4) is 16.9 Å². The molecule has 0 aliphatic heterocycles. The minimum atomic E-state index is -3.27. The summed E-state index contributed by atoms with van der Waals surface area (Å²) in [5.74, 6) is -0.354. The third-order valence-electron chi connectivity index (χ3n) is 3.57. The molecule has 0 spiro atoms. The zero-order valence-electron chi connectivity index (χ0n) is 12.8. The van der Waals surface area contributed by atoms with Crippen molar-refractivity contribution in [1.29, 1.82) is 0 Å². The van der Waals surface area contributed by atoms with Gasteiger partial charge in [-0.05, 0) is 42.5 Å². The summed E-state index contributed by atoms with van der Waals surface area (Å²) < 4.78 is 37.8. The van der Waals surface area contributed by atoms with Crippen molar-refractivity contribution in [2.45, 2.75) is 11.5 Å². The van der Waals surface area contributed by atoms with Gasteiger partial charge in [0, 0.05) is 11.8 Å². The molecule has 0 radical (unpaired) electrons. The van der Waals surface area contributed by atoms with Crippen LogP contribution in [0, 0.1) is 5.82 Å². The van der Waals surface area contributed by atoms with Gasteiger partial charge in [-0.25, -0.2) is 17.5 Å². The van der Waals surface area contributed by atoms with E-state index >= 15 is 0 Å². The van der Waals surface area contributed by atoms with Gasteiger partial charge in [0.15, 0.2) is 9.84 Å². The summed E-state index contributed by atoms with van der Waals surface area (Å²) in [5, 5.41) is 13.7. The molecule has 3 rings (SSSR count). The Hall–Kier alpha value is -2.51. The van der Waals surface area contributed by atoms with Gasteiger partial charge in [-0.15, -0.1) is 0 Å². The molecule has 0 bridgehead atoms. The molecule has 2 aromatic carbocycles. The lowest BCUT2D eigenvalue weighted by atomic mass is 10.1. The number of aromatic nitrogens is 2. The van der Waals surface area contributed by atoms with Crippen LogP contribution >= 0.6 is 0 Å². The van der Waals surface area contributed by atoms with E-state index in [0.717, 1.165) is 11.8 Å². The quantitative estimate of drug-likeness (QED) is 0.788. The zero-order chi connectivity index (χ0) is 17.3. The summed E-state index contributed by atoms with van der Waals surface area (Å²) in [5.41, 5.74) is 2.50. The van der Waals surface area contributed by atoms with Crippen LogP contribution in [0.2, 0.25) is 0 Å². The lowest BCUT2D eigenvalue weighted by molar-refractivity contribution is 0.276. The van der Waals surface area contributed by atoms with Crippen molar-refractivity contribution in [1.82, 2.24) is 9.78 Å². The van der Waals surface area contributed by atoms with Crippen LogP contribution in [0.25, 0.3) is 16.9 Å². The predicted octanol–water partition coefficient (Wildman–Crippen LogP) is 2.57. The molecule has 24 heavy (non-hydrogen) atoms. The Balaban J connectivity index is 2.10. The average Bonchev–Trinajstić information content (AvgIpc) is 2.99. The number of aliphatic hydroxyl groups excluding tert-OH is 1. The maximum Gasteiger partial charge on any atom is 0.175 e. The fourth-order valence-corrected chi connectivity index (χ4v) is 3.00. The number of sulfone groups is 1. The van der Waals surface area contributed by atoms with Crippen LogP contribution in [-0.2, 0) is 16.4 Å². The number of hydrogen-bond donors (Lipinski definition) is 1. The highest BCUT2D eigenvalue weighted by Gasteiger charge is 2.13. The normalized spacial score (nSPS) is 11.6. The first-order valence-electron chi connectivity index (χ1n) is 7.15. The number of nitrogens with zero attached hydrogens (tertiary/aromatic N) is 2. The lowest BCUT2D eigenvalue weighted by Crippen LogP contribution is -2.00. The van der Waals surface area contributed by atoms with Gasteiger partial charge in [0.25, 0.3) is 0 Å². The molecule has 7 heteroatoms. The van der Waals surface area contributed by atoms with Gasteiger partial charge in [0.05, 0.1) is 28.6 Å². The van der Waals surface area contributed by atoms with Crippen LogP contribution in [0.1, 0.15) is 5.69 Å². The van der Waals surface area contributed by atoms with E-state index in [9.17, 15) is 17.9 Å². The molecule has 3 aromatic rings. The Morgan fingerprint density at radius 2 is 1.71 bits per heavy atom. The van der Waals surface area contributed by atoms with Gasteiger partial charge in [0.1, 0.15) is 5.82 Å². The second-order valence-corrected chi connectivity index (χ2v) is 7.38. The molecule has 0 atom stereocenters. The zero-order valence-corrected chi connectivity index (χ0v) is 13.7. The van der Waals surface area contributed by atoms with E-state index in [1.54, 1.807) is 35.0 Å². The summed E-state index contributed by atoms with van der Waals surface area (Å²) in [6, 6.07) is 13.9. The number of benzene rings is 2. The van der Waals surface area contributed by atoms with Crippen LogP contribution in [0.5, 0.6) is 0 Å². The van der Waals surface area contributed by atoms with Crippen LogP contribution in [0.4, 0.5) is 4.39 Å².